The van der Waals surface area contributed by atoms with E-state index in [1.165, 1.54) is 0 Å². The van der Waals surface area contributed by atoms with Gasteiger partial charge in [-0.3, -0.25) is 4.79 Å². The molecule has 2 N–H and O–H groups in total. The van der Waals surface area contributed by atoms with E-state index in [1.807, 2.05) is 82.0 Å². The summed E-state index contributed by atoms with van der Waals surface area (Å²) >= 11 is 0. The fraction of sp³-hybridized carbons (Fsp3) is 0.310. The number of urea groups is 1. The SMILES string of the molecule is Cc1ccc(-c2c(C)c3c(c(C)c2CC(=O)O)CN(C(=O)NC(C)(C)c2ccccc2)C3)cc1. The summed E-state index contributed by atoms with van der Waals surface area (Å²) in [5.74, 6) is -0.854. The van der Waals surface area contributed by atoms with Gasteiger partial charge in [-0.1, -0.05) is 60.2 Å². The highest BCUT2D eigenvalue weighted by atomic mass is 16.4. The van der Waals surface area contributed by atoms with E-state index >= 15 is 0 Å². The number of hydrogen-bond acceptors (Lipinski definition) is 2. The molecular formula is C29H32N2O3. The van der Waals surface area contributed by atoms with Crippen molar-refractivity contribution in [3.8, 4) is 11.1 Å². The summed E-state index contributed by atoms with van der Waals surface area (Å²) in [5, 5.41) is 12.8. The van der Waals surface area contributed by atoms with Crippen LogP contribution in [0, 0.1) is 20.8 Å². The minimum Gasteiger partial charge on any atom is -0.481 e. The molecule has 3 aromatic carbocycles. The lowest BCUT2D eigenvalue weighted by Crippen LogP contribution is -2.46. The molecule has 0 aliphatic carbocycles. The zero-order valence-electron chi connectivity index (χ0n) is 20.5. The molecule has 0 aromatic heterocycles. The van der Waals surface area contributed by atoms with Gasteiger partial charge in [-0.25, -0.2) is 4.79 Å². The summed E-state index contributed by atoms with van der Waals surface area (Å²) in [6.07, 6.45) is -0.0452. The first kappa shape index (κ1) is 23.6. The number of fused-ring (bicyclic) bond motifs is 1. The number of aryl methyl sites for hydroxylation is 1. The van der Waals surface area contributed by atoms with Crippen molar-refractivity contribution in [3.05, 3.63) is 93.5 Å². The van der Waals surface area contributed by atoms with Gasteiger partial charge in [0.25, 0.3) is 0 Å². The summed E-state index contributed by atoms with van der Waals surface area (Å²) in [4.78, 5) is 26.9. The van der Waals surface area contributed by atoms with Crippen molar-refractivity contribution in [3.63, 3.8) is 0 Å². The van der Waals surface area contributed by atoms with Crippen molar-refractivity contribution in [2.75, 3.05) is 0 Å². The van der Waals surface area contributed by atoms with Gasteiger partial charge in [-0.05, 0) is 79.1 Å². The van der Waals surface area contributed by atoms with E-state index in [0.717, 1.165) is 50.1 Å². The maximum Gasteiger partial charge on any atom is 0.318 e. The van der Waals surface area contributed by atoms with Gasteiger partial charge in [-0.2, -0.15) is 0 Å². The third-order valence-electron chi connectivity index (χ3n) is 6.97. The van der Waals surface area contributed by atoms with Gasteiger partial charge >= 0.3 is 12.0 Å². The third kappa shape index (κ3) is 4.43. The van der Waals surface area contributed by atoms with Gasteiger partial charge in [0.2, 0.25) is 0 Å². The number of nitrogens with zero attached hydrogens (tertiary/aromatic N) is 1. The molecule has 0 atom stereocenters. The summed E-state index contributed by atoms with van der Waals surface area (Å²) in [5.41, 5.74) is 8.71. The number of carbonyl (C=O) groups excluding carboxylic acids is 1. The standard InChI is InChI=1S/C29H32N2O3/c1-18-11-13-21(14-12-18)27-20(3)25-17-31(16-24(25)19(2)23(27)15-26(32)33)28(34)30-29(4,5)22-9-7-6-8-10-22/h6-14H,15-17H2,1-5H3,(H,30,34)(H,32,33). The molecule has 4 rings (SSSR count). The van der Waals surface area contributed by atoms with Gasteiger partial charge in [0, 0.05) is 13.1 Å². The second kappa shape index (κ2) is 8.98. The van der Waals surface area contributed by atoms with Crippen LogP contribution in [0.3, 0.4) is 0 Å². The van der Waals surface area contributed by atoms with Crippen LogP contribution in [0.15, 0.2) is 54.6 Å². The molecule has 34 heavy (non-hydrogen) atoms. The largest absolute Gasteiger partial charge is 0.481 e. The van der Waals surface area contributed by atoms with E-state index < -0.39 is 11.5 Å². The van der Waals surface area contributed by atoms with Crippen LogP contribution in [0.4, 0.5) is 4.79 Å². The molecule has 0 saturated heterocycles. The van der Waals surface area contributed by atoms with Crippen LogP contribution in [0.25, 0.3) is 11.1 Å². The van der Waals surface area contributed by atoms with Gasteiger partial charge in [0.15, 0.2) is 0 Å². The highest BCUT2D eigenvalue weighted by molar-refractivity contribution is 5.83. The Morgan fingerprint density at radius 1 is 0.912 bits per heavy atom. The van der Waals surface area contributed by atoms with Crippen LogP contribution in [-0.2, 0) is 29.8 Å². The molecule has 0 fully saturated rings. The predicted molar refractivity (Wildman–Crippen MR) is 135 cm³/mol. The normalized spacial score (nSPS) is 13.0. The highest BCUT2D eigenvalue weighted by Crippen LogP contribution is 2.39. The molecule has 0 unspecified atom stereocenters. The van der Waals surface area contributed by atoms with E-state index in [1.54, 1.807) is 0 Å². The second-order valence-electron chi connectivity index (χ2n) is 9.77. The lowest BCUT2D eigenvalue weighted by Gasteiger charge is -2.29. The first-order valence-electron chi connectivity index (χ1n) is 11.6. The fourth-order valence-electron chi connectivity index (χ4n) is 4.97. The first-order valence-corrected chi connectivity index (χ1v) is 11.6. The Balaban J connectivity index is 1.70. The maximum absolute atomic E-state index is 13.3. The molecule has 1 aliphatic rings. The number of carbonyl (C=O) groups is 2. The van der Waals surface area contributed by atoms with E-state index in [0.29, 0.717) is 13.1 Å². The van der Waals surface area contributed by atoms with Crippen molar-refractivity contribution >= 4 is 12.0 Å². The maximum atomic E-state index is 13.3. The molecule has 0 bridgehead atoms. The van der Waals surface area contributed by atoms with Crippen LogP contribution in [-0.4, -0.2) is 22.0 Å². The van der Waals surface area contributed by atoms with Gasteiger partial charge in [0.1, 0.15) is 0 Å². The summed E-state index contributed by atoms with van der Waals surface area (Å²) in [6.45, 7) is 11.1. The van der Waals surface area contributed by atoms with Crippen LogP contribution in [0.2, 0.25) is 0 Å². The van der Waals surface area contributed by atoms with Gasteiger partial charge in [0.05, 0.1) is 12.0 Å². The predicted octanol–water partition coefficient (Wildman–Crippen LogP) is 5.87. The molecule has 1 aliphatic heterocycles. The molecule has 5 nitrogen and oxygen atoms in total. The fourth-order valence-corrected chi connectivity index (χ4v) is 4.97. The molecular weight excluding hydrogens is 424 g/mol. The van der Waals surface area contributed by atoms with Crippen molar-refractivity contribution in [2.24, 2.45) is 0 Å². The van der Waals surface area contributed by atoms with Crippen LogP contribution < -0.4 is 5.32 Å². The number of aliphatic carboxylic acids is 1. The van der Waals surface area contributed by atoms with Crippen molar-refractivity contribution < 1.29 is 14.7 Å². The Bertz CT molecular complexity index is 1240. The molecule has 0 spiro atoms. The summed E-state index contributed by atoms with van der Waals surface area (Å²) in [6, 6.07) is 18.0. The zero-order chi connectivity index (χ0) is 24.6. The smallest absolute Gasteiger partial charge is 0.318 e. The first-order chi connectivity index (χ1) is 16.1. The van der Waals surface area contributed by atoms with Crippen molar-refractivity contribution in [2.45, 2.75) is 59.7 Å². The number of benzene rings is 3. The zero-order valence-corrected chi connectivity index (χ0v) is 20.5. The van der Waals surface area contributed by atoms with E-state index in [9.17, 15) is 14.7 Å². The molecule has 1 heterocycles. The Hall–Kier alpha value is -3.60. The van der Waals surface area contributed by atoms with Crippen molar-refractivity contribution in [1.29, 1.82) is 0 Å². The number of carboxylic acid groups (broad SMARTS) is 1. The van der Waals surface area contributed by atoms with Crippen LogP contribution >= 0.6 is 0 Å². The lowest BCUT2D eigenvalue weighted by atomic mass is 9.84. The number of carboxylic acids is 1. The molecule has 3 aromatic rings. The van der Waals surface area contributed by atoms with Gasteiger partial charge in [-0.15, -0.1) is 0 Å². The number of nitrogens with one attached hydrogen (secondary N) is 1. The molecule has 176 valence electrons. The topological polar surface area (TPSA) is 69.6 Å². The Kier molecular flexibility index (Phi) is 6.22. The van der Waals surface area contributed by atoms with E-state index in [2.05, 4.69) is 17.4 Å². The van der Waals surface area contributed by atoms with Crippen LogP contribution in [0.1, 0.15) is 52.8 Å². The number of hydrogen-bond donors (Lipinski definition) is 2. The van der Waals surface area contributed by atoms with Gasteiger partial charge < -0.3 is 15.3 Å². The Labute approximate surface area is 201 Å². The average Bonchev–Trinajstić information content (AvgIpc) is 3.25. The highest BCUT2D eigenvalue weighted by Gasteiger charge is 2.32. The summed E-state index contributed by atoms with van der Waals surface area (Å²) < 4.78 is 0. The van der Waals surface area contributed by atoms with Crippen molar-refractivity contribution in [1.82, 2.24) is 10.2 Å². The number of amides is 2. The second-order valence-corrected chi connectivity index (χ2v) is 9.77. The number of rotatable bonds is 5. The Morgan fingerprint density at radius 2 is 1.50 bits per heavy atom. The Morgan fingerprint density at radius 3 is 2.09 bits per heavy atom. The minimum atomic E-state index is -0.854. The summed E-state index contributed by atoms with van der Waals surface area (Å²) in [7, 11) is 0. The monoisotopic (exact) mass is 456 g/mol. The third-order valence-corrected chi connectivity index (χ3v) is 6.97. The molecule has 0 saturated carbocycles. The van der Waals surface area contributed by atoms with Crippen LogP contribution in [0.5, 0.6) is 0 Å². The van der Waals surface area contributed by atoms with E-state index in [-0.39, 0.29) is 12.5 Å². The molecule has 2 amide bonds. The quantitative estimate of drug-likeness (QED) is 0.505. The molecule has 5 heteroatoms. The molecule has 0 radical (unpaired) electrons. The lowest BCUT2D eigenvalue weighted by molar-refractivity contribution is -0.136. The van der Waals surface area contributed by atoms with E-state index in [4.69, 9.17) is 0 Å². The minimum absolute atomic E-state index is 0.0452. The average molecular weight is 457 g/mol.